The molecule has 1 unspecified atom stereocenters. The number of nitrogens with zero attached hydrogens (tertiary/aromatic N) is 3. The molecule has 116 valence electrons. The van der Waals surface area contributed by atoms with Crippen molar-refractivity contribution in [1.82, 2.24) is 9.55 Å². The van der Waals surface area contributed by atoms with Crippen LogP contribution >= 0.6 is 11.6 Å². The van der Waals surface area contributed by atoms with Crippen LogP contribution in [-0.2, 0) is 22.6 Å². The molecule has 1 aromatic heterocycles. The number of hydrogen-bond donors (Lipinski definition) is 1. The maximum Gasteiger partial charge on any atom is 0.160 e. The van der Waals surface area contributed by atoms with E-state index < -0.39 is 21.7 Å². The van der Waals surface area contributed by atoms with Gasteiger partial charge in [-0.2, -0.15) is 5.26 Å². The minimum Gasteiger partial charge on any atom is -0.387 e. The Labute approximate surface area is 133 Å². The monoisotopic (exact) mass is 339 g/mol. The van der Waals surface area contributed by atoms with Crippen LogP contribution in [0.1, 0.15) is 23.1 Å². The van der Waals surface area contributed by atoms with E-state index in [-0.39, 0.29) is 5.75 Å². The molecule has 0 saturated heterocycles. The van der Waals surface area contributed by atoms with Crippen molar-refractivity contribution in [2.45, 2.75) is 11.9 Å². The Bertz CT molecular complexity index is 807. The van der Waals surface area contributed by atoms with Gasteiger partial charge in [0.15, 0.2) is 9.84 Å². The molecule has 0 amide bonds. The van der Waals surface area contributed by atoms with Crippen molar-refractivity contribution in [2.24, 2.45) is 7.05 Å². The van der Waals surface area contributed by atoms with Crippen molar-refractivity contribution >= 4 is 21.4 Å². The predicted octanol–water partition coefficient (Wildman–Crippen LogP) is 1.59. The Morgan fingerprint density at radius 1 is 1.41 bits per heavy atom. The summed E-state index contributed by atoms with van der Waals surface area (Å²) in [6.07, 6.45) is 0.220. The lowest BCUT2D eigenvalue weighted by atomic mass is 10.1. The number of sulfone groups is 1. The number of nitriles is 1. The highest BCUT2D eigenvalue weighted by Crippen LogP contribution is 2.19. The number of halogens is 1. The fourth-order valence-electron chi connectivity index (χ4n) is 1.93. The molecule has 0 aliphatic heterocycles. The SMILES string of the molecule is Cn1c(Cl)cnc1CS(=O)(=O)CC(O)c1ccc(C#N)cc1. The highest BCUT2D eigenvalue weighted by molar-refractivity contribution is 7.90. The van der Waals surface area contributed by atoms with Crippen molar-refractivity contribution in [3.63, 3.8) is 0 Å². The summed E-state index contributed by atoms with van der Waals surface area (Å²) < 4.78 is 25.8. The first-order valence-corrected chi connectivity index (χ1v) is 8.57. The van der Waals surface area contributed by atoms with Gasteiger partial charge in [0, 0.05) is 7.05 Å². The lowest BCUT2D eigenvalue weighted by Crippen LogP contribution is -2.18. The van der Waals surface area contributed by atoms with E-state index in [1.807, 2.05) is 6.07 Å². The van der Waals surface area contributed by atoms with Crippen molar-refractivity contribution in [3.05, 3.63) is 52.6 Å². The molecular formula is C14H14ClN3O3S. The van der Waals surface area contributed by atoms with Crippen molar-refractivity contribution < 1.29 is 13.5 Å². The Balaban J connectivity index is 2.10. The van der Waals surface area contributed by atoms with Crippen LogP contribution in [0, 0.1) is 11.3 Å². The molecule has 0 bridgehead atoms. The van der Waals surface area contributed by atoms with Crippen LogP contribution in [0.25, 0.3) is 0 Å². The zero-order valence-corrected chi connectivity index (χ0v) is 13.3. The smallest absolute Gasteiger partial charge is 0.160 e. The first kappa shape index (κ1) is 16.5. The van der Waals surface area contributed by atoms with Gasteiger partial charge in [0.25, 0.3) is 0 Å². The van der Waals surface area contributed by atoms with Crippen LogP contribution in [0.4, 0.5) is 0 Å². The van der Waals surface area contributed by atoms with Crippen molar-refractivity contribution in [1.29, 1.82) is 5.26 Å². The summed E-state index contributed by atoms with van der Waals surface area (Å²) in [6, 6.07) is 8.10. The maximum absolute atomic E-state index is 12.2. The number of rotatable bonds is 5. The van der Waals surface area contributed by atoms with Crippen LogP contribution < -0.4 is 0 Å². The van der Waals surface area contributed by atoms with Gasteiger partial charge in [0.2, 0.25) is 0 Å². The van der Waals surface area contributed by atoms with E-state index in [4.69, 9.17) is 16.9 Å². The van der Waals surface area contributed by atoms with Gasteiger partial charge < -0.3 is 9.67 Å². The van der Waals surface area contributed by atoms with Gasteiger partial charge in [-0.25, -0.2) is 13.4 Å². The summed E-state index contributed by atoms with van der Waals surface area (Å²) >= 11 is 5.82. The van der Waals surface area contributed by atoms with Gasteiger partial charge in [-0.3, -0.25) is 0 Å². The van der Waals surface area contributed by atoms with Crippen LogP contribution in [-0.4, -0.2) is 28.8 Å². The molecule has 0 aliphatic carbocycles. The minimum atomic E-state index is -3.56. The molecule has 2 aromatic rings. The van der Waals surface area contributed by atoms with Gasteiger partial charge in [-0.05, 0) is 17.7 Å². The third-order valence-corrected chi connectivity index (χ3v) is 5.09. The normalized spacial score (nSPS) is 12.8. The molecule has 1 atom stereocenters. The topological polar surface area (TPSA) is 96.0 Å². The third-order valence-electron chi connectivity index (χ3n) is 3.21. The van der Waals surface area contributed by atoms with E-state index in [9.17, 15) is 13.5 Å². The minimum absolute atomic E-state index is 0.302. The summed E-state index contributed by atoms with van der Waals surface area (Å²) in [7, 11) is -1.94. The molecule has 22 heavy (non-hydrogen) atoms. The second kappa shape index (κ2) is 6.48. The Morgan fingerprint density at radius 3 is 2.55 bits per heavy atom. The quantitative estimate of drug-likeness (QED) is 0.892. The molecule has 1 aromatic carbocycles. The predicted molar refractivity (Wildman–Crippen MR) is 81.8 cm³/mol. The molecule has 0 radical (unpaired) electrons. The molecule has 8 heteroatoms. The van der Waals surface area contributed by atoms with Crippen LogP contribution in [0.15, 0.2) is 30.5 Å². The van der Waals surface area contributed by atoms with E-state index in [1.165, 1.54) is 35.0 Å². The molecular weight excluding hydrogens is 326 g/mol. The number of hydrogen-bond acceptors (Lipinski definition) is 5. The summed E-state index contributed by atoms with van der Waals surface area (Å²) in [5, 5.41) is 19.1. The Kier molecular flexibility index (Phi) is 4.86. The largest absolute Gasteiger partial charge is 0.387 e. The lowest BCUT2D eigenvalue weighted by Gasteiger charge is -2.12. The van der Waals surface area contributed by atoms with Crippen molar-refractivity contribution in [3.8, 4) is 6.07 Å². The molecule has 0 spiro atoms. The average molecular weight is 340 g/mol. The van der Waals surface area contributed by atoms with E-state index in [2.05, 4.69) is 4.98 Å². The Morgan fingerprint density at radius 2 is 2.05 bits per heavy atom. The molecule has 0 saturated carbocycles. The van der Waals surface area contributed by atoms with Gasteiger partial charge in [-0.1, -0.05) is 23.7 Å². The number of aromatic nitrogens is 2. The zero-order valence-electron chi connectivity index (χ0n) is 11.8. The standard InChI is InChI=1S/C14H14ClN3O3S/c1-18-13(15)7-17-14(18)9-22(20,21)8-12(19)11-4-2-10(6-16)3-5-11/h2-5,7,12,19H,8-9H2,1H3. The highest BCUT2D eigenvalue weighted by Gasteiger charge is 2.21. The summed E-state index contributed by atoms with van der Waals surface area (Å²) in [4.78, 5) is 3.94. The summed E-state index contributed by atoms with van der Waals surface area (Å²) in [5.41, 5.74) is 0.891. The lowest BCUT2D eigenvalue weighted by molar-refractivity contribution is 0.201. The third kappa shape index (κ3) is 3.85. The molecule has 0 fully saturated rings. The Hall–Kier alpha value is -1.88. The molecule has 1 heterocycles. The van der Waals surface area contributed by atoms with Crippen molar-refractivity contribution in [2.75, 3.05) is 5.75 Å². The number of benzene rings is 1. The number of imidazole rings is 1. The maximum atomic E-state index is 12.2. The second-order valence-corrected chi connectivity index (χ2v) is 7.36. The summed E-state index contributed by atoms with van der Waals surface area (Å²) in [6.45, 7) is 0. The van der Waals surface area contributed by atoms with Gasteiger partial charge >= 0.3 is 0 Å². The van der Waals surface area contributed by atoms with Crippen LogP contribution in [0.5, 0.6) is 0 Å². The number of aliphatic hydroxyl groups is 1. The molecule has 0 aliphatic rings. The van der Waals surface area contributed by atoms with Gasteiger partial charge in [-0.15, -0.1) is 0 Å². The molecule has 2 rings (SSSR count). The molecule has 1 N–H and O–H groups in total. The summed E-state index contributed by atoms with van der Waals surface area (Å²) in [5.74, 6) is -0.413. The first-order valence-electron chi connectivity index (χ1n) is 6.37. The average Bonchev–Trinajstić information content (AvgIpc) is 2.78. The van der Waals surface area contributed by atoms with E-state index in [0.717, 1.165) is 0 Å². The van der Waals surface area contributed by atoms with E-state index in [1.54, 1.807) is 7.05 Å². The fraction of sp³-hybridized carbons (Fsp3) is 0.286. The van der Waals surface area contributed by atoms with Crippen LogP contribution in [0.3, 0.4) is 0 Å². The first-order chi connectivity index (χ1) is 10.3. The van der Waals surface area contributed by atoms with Gasteiger partial charge in [0.1, 0.15) is 16.7 Å². The second-order valence-electron chi connectivity index (χ2n) is 4.86. The highest BCUT2D eigenvalue weighted by atomic mass is 35.5. The van der Waals surface area contributed by atoms with E-state index in [0.29, 0.717) is 22.1 Å². The van der Waals surface area contributed by atoms with Crippen LogP contribution in [0.2, 0.25) is 5.15 Å². The zero-order chi connectivity index (χ0) is 16.3. The number of aliphatic hydroxyl groups excluding tert-OH is 1. The fourth-order valence-corrected chi connectivity index (χ4v) is 3.53. The van der Waals surface area contributed by atoms with Gasteiger partial charge in [0.05, 0.1) is 29.7 Å². The molecule has 6 nitrogen and oxygen atoms in total. The van der Waals surface area contributed by atoms with E-state index >= 15 is 0 Å².